The molecule has 1 N–H and O–H groups in total. The molecule has 0 bridgehead atoms. The number of aryl methyl sites for hydroxylation is 1. The van der Waals surface area contributed by atoms with E-state index in [9.17, 15) is 4.39 Å². The van der Waals surface area contributed by atoms with E-state index in [1.54, 1.807) is 6.07 Å². The molecule has 1 heterocycles. The van der Waals surface area contributed by atoms with E-state index in [-0.39, 0.29) is 5.82 Å². The fraction of sp³-hybridized carbons (Fsp3) is 0.571. The number of halogens is 1. The molecule has 2 unspecified atom stereocenters. The largest absolute Gasteiger partial charge is 0.366 e. The first-order valence-electron chi connectivity index (χ1n) is 6.38. The summed E-state index contributed by atoms with van der Waals surface area (Å²) in [6.07, 6.45) is 1.11. The van der Waals surface area contributed by atoms with Gasteiger partial charge in [0.2, 0.25) is 0 Å². The van der Waals surface area contributed by atoms with Crippen molar-refractivity contribution in [2.75, 3.05) is 18.0 Å². The van der Waals surface area contributed by atoms with Gasteiger partial charge in [-0.05, 0) is 44.0 Å². The van der Waals surface area contributed by atoms with Gasteiger partial charge < -0.3 is 10.2 Å². The Morgan fingerprint density at radius 1 is 1.47 bits per heavy atom. The summed E-state index contributed by atoms with van der Waals surface area (Å²) in [4.78, 5) is 2.40. The number of rotatable bonds is 2. The first kappa shape index (κ1) is 12.4. The van der Waals surface area contributed by atoms with Gasteiger partial charge in [-0.2, -0.15) is 0 Å². The van der Waals surface area contributed by atoms with Crippen molar-refractivity contribution in [3.05, 3.63) is 29.6 Å². The summed E-state index contributed by atoms with van der Waals surface area (Å²) in [6, 6.07) is 6.42. The van der Waals surface area contributed by atoms with Crippen LogP contribution in [0.1, 0.15) is 25.8 Å². The van der Waals surface area contributed by atoms with Crippen LogP contribution in [0.25, 0.3) is 0 Å². The maximum Gasteiger partial charge on any atom is 0.126 e. The second-order valence-corrected chi connectivity index (χ2v) is 4.96. The molecule has 94 valence electrons. The highest BCUT2D eigenvalue weighted by Crippen LogP contribution is 2.23. The van der Waals surface area contributed by atoms with Crippen LogP contribution in [0.4, 0.5) is 10.1 Å². The predicted molar refractivity (Wildman–Crippen MR) is 70.0 cm³/mol. The third-order valence-electron chi connectivity index (χ3n) is 3.56. The lowest BCUT2D eigenvalue weighted by molar-refractivity contribution is 0.402. The first-order chi connectivity index (χ1) is 8.11. The van der Waals surface area contributed by atoms with Crippen LogP contribution in [-0.2, 0) is 0 Å². The molecule has 2 nitrogen and oxygen atoms in total. The molecule has 1 aliphatic heterocycles. The lowest BCUT2D eigenvalue weighted by Gasteiger charge is -2.40. The van der Waals surface area contributed by atoms with Crippen LogP contribution in [-0.4, -0.2) is 25.2 Å². The highest BCUT2D eigenvalue weighted by molar-refractivity contribution is 5.50. The molecule has 0 saturated carbocycles. The number of nitrogens with zero attached hydrogens (tertiary/aromatic N) is 1. The molecular weight excluding hydrogens is 215 g/mol. The summed E-state index contributed by atoms with van der Waals surface area (Å²) in [5.74, 6) is -0.120. The number of benzene rings is 1. The minimum atomic E-state index is -0.120. The fourth-order valence-electron chi connectivity index (χ4n) is 2.44. The van der Waals surface area contributed by atoms with Gasteiger partial charge in [0.15, 0.2) is 0 Å². The molecule has 3 heteroatoms. The number of hydrogen-bond acceptors (Lipinski definition) is 2. The van der Waals surface area contributed by atoms with Gasteiger partial charge in [0.25, 0.3) is 0 Å². The van der Waals surface area contributed by atoms with Gasteiger partial charge >= 0.3 is 0 Å². The molecule has 1 aromatic carbocycles. The maximum atomic E-state index is 13.3. The lowest BCUT2D eigenvalue weighted by atomic mass is 10.1. The summed E-state index contributed by atoms with van der Waals surface area (Å²) in [6.45, 7) is 8.21. The monoisotopic (exact) mass is 236 g/mol. The minimum Gasteiger partial charge on any atom is -0.366 e. The minimum absolute atomic E-state index is 0.120. The van der Waals surface area contributed by atoms with Gasteiger partial charge in [-0.1, -0.05) is 6.92 Å². The maximum absolute atomic E-state index is 13.3. The van der Waals surface area contributed by atoms with Gasteiger partial charge in [0, 0.05) is 30.9 Å². The smallest absolute Gasteiger partial charge is 0.126 e. The summed E-state index contributed by atoms with van der Waals surface area (Å²) in [5, 5.41) is 3.49. The van der Waals surface area contributed by atoms with E-state index in [0.29, 0.717) is 12.1 Å². The van der Waals surface area contributed by atoms with E-state index in [4.69, 9.17) is 0 Å². The van der Waals surface area contributed by atoms with Crippen molar-refractivity contribution in [1.29, 1.82) is 0 Å². The predicted octanol–water partition coefficient (Wildman–Crippen LogP) is 2.71. The molecule has 0 aliphatic carbocycles. The van der Waals surface area contributed by atoms with E-state index in [1.165, 1.54) is 0 Å². The number of nitrogens with one attached hydrogen (secondary N) is 1. The van der Waals surface area contributed by atoms with Crippen LogP contribution in [0, 0.1) is 12.7 Å². The Bertz CT molecular complexity index is 392. The Morgan fingerprint density at radius 2 is 2.24 bits per heavy atom. The number of anilines is 1. The Balaban J connectivity index is 2.25. The molecule has 1 fully saturated rings. The lowest BCUT2D eigenvalue weighted by Crippen LogP contribution is -2.55. The van der Waals surface area contributed by atoms with E-state index in [0.717, 1.165) is 30.8 Å². The molecule has 1 saturated heterocycles. The van der Waals surface area contributed by atoms with E-state index in [2.05, 4.69) is 24.1 Å². The van der Waals surface area contributed by atoms with Gasteiger partial charge in [-0.3, -0.25) is 0 Å². The summed E-state index contributed by atoms with van der Waals surface area (Å²) in [5.41, 5.74) is 1.87. The third-order valence-corrected chi connectivity index (χ3v) is 3.56. The van der Waals surface area contributed by atoms with Crippen molar-refractivity contribution in [3.8, 4) is 0 Å². The molecular formula is C14H21FN2. The van der Waals surface area contributed by atoms with Crippen molar-refractivity contribution in [2.24, 2.45) is 0 Å². The van der Waals surface area contributed by atoms with Crippen molar-refractivity contribution in [1.82, 2.24) is 5.32 Å². The zero-order valence-electron chi connectivity index (χ0n) is 10.8. The average Bonchev–Trinajstić information content (AvgIpc) is 2.32. The summed E-state index contributed by atoms with van der Waals surface area (Å²) < 4.78 is 13.3. The zero-order valence-corrected chi connectivity index (χ0v) is 10.8. The number of hydrogen-bond donors (Lipinski definition) is 1. The molecule has 0 spiro atoms. The van der Waals surface area contributed by atoms with Crippen LogP contribution < -0.4 is 10.2 Å². The van der Waals surface area contributed by atoms with Crippen molar-refractivity contribution in [2.45, 2.75) is 39.3 Å². The van der Waals surface area contributed by atoms with Crippen LogP contribution >= 0.6 is 0 Å². The second-order valence-electron chi connectivity index (χ2n) is 4.96. The van der Waals surface area contributed by atoms with Crippen LogP contribution in [0.2, 0.25) is 0 Å². The summed E-state index contributed by atoms with van der Waals surface area (Å²) >= 11 is 0. The van der Waals surface area contributed by atoms with Crippen molar-refractivity contribution >= 4 is 5.69 Å². The third kappa shape index (κ3) is 2.60. The Morgan fingerprint density at radius 3 is 2.88 bits per heavy atom. The molecule has 2 atom stereocenters. The van der Waals surface area contributed by atoms with Gasteiger partial charge in [-0.15, -0.1) is 0 Å². The van der Waals surface area contributed by atoms with Gasteiger partial charge in [0.05, 0.1) is 0 Å². The van der Waals surface area contributed by atoms with E-state index < -0.39 is 0 Å². The highest BCUT2D eigenvalue weighted by Gasteiger charge is 2.24. The van der Waals surface area contributed by atoms with E-state index >= 15 is 0 Å². The zero-order chi connectivity index (χ0) is 12.4. The molecule has 2 rings (SSSR count). The van der Waals surface area contributed by atoms with Crippen molar-refractivity contribution < 1.29 is 4.39 Å². The van der Waals surface area contributed by atoms with Crippen LogP contribution in [0.3, 0.4) is 0 Å². The first-order valence-corrected chi connectivity index (χ1v) is 6.38. The van der Waals surface area contributed by atoms with Gasteiger partial charge in [-0.25, -0.2) is 4.39 Å². The molecule has 0 radical (unpaired) electrons. The molecule has 0 amide bonds. The Labute approximate surface area is 103 Å². The van der Waals surface area contributed by atoms with Gasteiger partial charge in [0.1, 0.15) is 5.82 Å². The normalized spacial score (nSPS) is 25.1. The highest BCUT2D eigenvalue weighted by atomic mass is 19.1. The molecule has 1 aromatic rings. The second kappa shape index (κ2) is 5.05. The Hall–Kier alpha value is -1.09. The SMILES string of the molecule is CCC1CNC(C)CN1c1ccc(F)c(C)c1. The van der Waals surface area contributed by atoms with Crippen LogP contribution in [0.5, 0.6) is 0 Å². The quantitative estimate of drug-likeness (QED) is 0.849. The summed E-state index contributed by atoms with van der Waals surface area (Å²) in [7, 11) is 0. The van der Waals surface area contributed by atoms with E-state index in [1.807, 2.05) is 19.1 Å². The average molecular weight is 236 g/mol. The molecule has 0 aromatic heterocycles. The number of piperazine rings is 1. The molecule has 17 heavy (non-hydrogen) atoms. The van der Waals surface area contributed by atoms with Crippen molar-refractivity contribution in [3.63, 3.8) is 0 Å². The molecule has 1 aliphatic rings. The van der Waals surface area contributed by atoms with Crippen LogP contribution in [0.15, 0.2) is 18.2 Å². The fourth-order valence-corrected chi connectivity index (χ4v) is 2.44. The Kier molecular flexibility index (Phi) is 3.67. The topological polar surface area (TPSA) is 15.3 Å². The standard InChI is InChI=1S/C14H21FN2/c1-4-12-8-16-11(3)9-17(12)13-5-6-14(15)10(2)7-13/h5-7,11-12,16H,4,8-9H2,1-3H3.